The highest BCUT2D eigenvalue weighted by molar-refractivity contribution is 6.13. The first-order valence-corrected chi connectivity index (χ1v) is 10.3. The predicted molar refractivity (Wildman–Crippen MR) is 118 cm³/mol. The number of carbonyl (C=O) groups excluding carboxylic acids is 1. The number of rotatable bonds is 10. The van der Waals surface area contributed by atoms with E-state index < -0.39 is 5.97 Å². The number of hydrogen-bond donors (Lipinski definition) is 0. The van der Waals surface area contributed by atoms with Crippen molar-refractivity contribution in [3.8, 4) is 23.0 Å². The molecule has 2 aromatic rings. The second-order valence-corrected chi connectivity index (χ2v) is 6.62. The number of carbonyl (C=O) groups is 1. The molecule has 0 radical (unpaired) electrons. The highest BCUT2D eigenvalue weighted by Crippen LogP contribution is 2.32. The van der Waals surface area contributed by atoms with Crippen LogP contribution in [0.25, 0.3) is 6.08 Å². The molecule has 164 valence electrons. The quantitative estimate of drug-likeness (QED) is 0.408. The summed E-state index contributed by atoms with van der Waals surface area (Å²) in [4.78, 5) is 16.8. The summed E-state index contributed by atoms with van der Waals surface area (Å²) >= 11 is 0. The fourth-order valence-electron chi connectivity index (χ4n) is 2.98. The number of methoxy groups -OCH3 is 1. The van der Waals surface area contributed by atoms with E-state index in [1.54, 1.807) is 37.5 Å². The second kappa shape index (κ2) is 10.5. The third-order valence-corrected chi connectivity index (χ3v) is 4.36. The van der Waals surface area contributed by atoms with Gasteiger partial charge in [0.15, 0.2) is 28.7 Å². The topological polar surface area (TPSA) is 75.6 Å². The summed E-state index contributed by atoms with van der Waals surface area (Å²) in [5.74, 6) is 2.15. The van der Waals surface area contributed by atoms with Crippen molar-refractivity contribution in [2.75, 3.05) is 26.9 Å². The molecule has 1 heterocycles. The molecule has 7 heteroatoms. The molecule has 0 saturated heterocycles. The molecule has 1 aliphatic rings. The van der Waals surface area contributed by atoms with E-state index in [0.29, 0.717) is 48.4 Å². The Kier molecular flexibility index (Phi) is 7.54. The summed E-state index contributed by atoms with van der Waals surface area (Å²) in [5, 5.41) is 0. The molecule has 0 saturated carbocycles. The van der Waals surface area contributed by atoms with E-state index >= 15 is 0 Å². The van der Waals surface area contributed by atoms with Gasteiger partial charge in [0.25, 0.3) is 0 Å². The average Bonchev–Trinajstić information content (AvgIpc) is 3.14. The van der Waals surface area contributed by atoms with Gasteiger partial charge in [0.05, 0.1) is 26.9 Å². The zero-order valence-electron chi connectivity index (χ0n) is 18.3. The van der Waals surface area contributed by atoms with Gasteiger partial charge in [-0.15, -0.1) is 0 Å². The van der Waals surface area contributed by atoms with Gasteiger partial charge in [-0.2, -0.15) is 0 Å². The number of hydrogen-bond acceptors (Lipinski definition) is 7. The normalized spacial score (nSPS) is 14.3. The summed E-state index contributed by atoms with van der Waals surface area (Å²) in [6, 6.07) is 10.8. The Labute approximate surface area is 182 Å². The maximum Gasteiger partial charge on any atom is 0.363 e. The van der Waals surface area contributed by atoms with Crippen LogP contribution in [0.2, 0.25) is 0 Å². The fourth-order valence-corrected chi connectivity index (χ4v) is 2.98. The highest BCUT2D eigenvalue weighted by Gasteiger charge is 2.25. The van der Waals surface area contributed by atoms with Crippen LogP contribution in [0.5, 0.6) is 23.0 Å². The Morgan fingerprint density at radius 1 is 0.903 bits per heavy atom. The van der Waals surface area contributed by atoms with E-state index in [1.165, 1.54) is 0 Å². The number of nitrogens with zero attached hydrogens (tertiary/aromatic N) is 1. The Morgan fingerprint density at radius 2 is 1.61 bits per heavy atom. The smallest absolute Gasteiger partial charge is 0.363 e. The molecule has 1 aliphatic heterocycles. The first-order valence-electron chi connectivity index (χ1n) is 10.3. The van der Waals surface area contributed by atoms with Gasteiger partial charge in [0.1, 0.15) is 0 Å². The number of ether oxygens (including phenoxy) is 5. The molecule has 0 fully saturated rings. The van der Waals surface area contributed by atoms with Crippen LogP contribution in [0.3, 0.4) is 0 Å². The third-order valence-electron chi connectivity index (χ3n) is 4.36. The van der Waals surface area contributed by atoms with Gasteiger partial charge in [-0.25, -0.2) is 9.79 Å². The van der Waals surface area contributed by atoms with Gasteiger partial charge in [0, 0.05) is 5.56 Å². The molecule has 0 N–H and O–H groups in total. The van der Waals surface area contributed by atoms with Crippen LogP contribution >= 0.6 is 0 Å². The zero-order valence-corrected chi connectivity index (χ0v) is 18.3. The first kappa shape index (κ1) is 22.2. The van der Waals surface area contributed by atoms with Crippen LogP contribution in [-0.2, 0) is 9.53 Å². The van der Waals surface area contributed by atoms with Crippen molar-refractivity contribution in [3.05, 3.63) is 53.2 Å². The molecular weight excluding hydrogens is 398 g/mol. The first-order chi connectivity index (χ1) is 15.1. The van der Waals surface area contributed by atoms with Crippen LogP contribution in [0.4, 0.5) is 0 Å². The van der Waals surface area contributed by atoms with Crippen molar-refractivity contribution in [2.24, 2.45) is 4.99 Å². The summed E-state index contributed by atoms with van der Waals surface area (Å²) in [6.45, 7) is 7.44. The molecule has 31 heavy (non-hydrogen) atoms. The van der Waals surface area contributed by atoms with Crippen molar-refractivity contribution in [1.29, 1.82) is 0 Å². The van der Waals surface area contributed by atoms with Gasteiger partial charge >= 0.3 is 5.97 Å². The molecule has 0 aromatic heterocycles. The van der Waals surface area contributed by atoms with Crippen molar-refractivity contribution in [3.63, 3.8) is 0 Å². The van der Waals surface area contributed by atoms with Gasteiger partial charge < -0.3 is 23.7 Å². The molecule has 2 aromatic carbocycles. The maximum absolute atomic E-state index is 12.4. The molecule has 3 rings (SSSR count). The minimum Gasteiger partial charge on any atom is -0.493 e. The third kappa shape index (κ3) is 5.36. The average molecular weight is 425 g/mol. The van der Waals surface area contributed by atoms with Crippen LogP contribution < -0.4 is 18.9 Å². The number of esters is 1. The van der Waals surface area contributed by atoms with Gasteiger partial charge in [-0.05, 0) is 62.2 Å². The predicted octanol–water partition coefficient (Wildman–Crippen LogP) is 4.63. The molecule has 0 amide bonds. The summed E-state index contributed by atoms with van der Waals surface area (Å²) in [7, 11) is 1.58. The number of aliphatic imine (C=N–C) groups is 1. The van der Waals surface area contributed by atoms with Crippen LogP contribution in [0.15, 0.2) is 47.1 Å². The summed E-state index contributed by atoms with van der Waals surface area (Å²) in [5.41, 5.74) is 1.58. The van der Waals surface area contributed by atoms with E-state index in [-0.39, 0.29) is 11.6 Å². The maximum atomic E-state index is 12.4. The van der Waals surface area contributed by atoms with Gasteiger partial charge in [-0.1, -0.05) is 13.0 Å². The van der Waals surface area contributed by atoms with Crippen LogP contribution in [0.1, 0.15) is 38.3 Å². The monoisotopic (exact) mass is 425 g/mol. The Morgan fingerprint density at radius 3 is 2.32 bits per heavy atom. The Hall–Kier alpha value is -3.48. The fraction of sp³-hybridized carbons (Fsp3) is 0.333. The van der Waals surface area contributed by atoms with Gasteiger partial charge in [0.2, 0.25) is 5.90 Å². The largest absolute Gasteiger partial charge is 0.493 e. The molecule has 0 unspecified atom stereocenters. The highest BCUT2D eigenvalue weighted by atomic mass is 16.6. The van der Waals surface area contributed by atoms with E-state index in [9.17, 15) is 4.79 Å². The Bertz CT molecular complexity index is 996. The zero-order chi connectivity index (χ0) is 22.2. The lowest BCUT2D eigenvalue weighted by atomic mass is 10.1. The molecule has 0 spiro atoms. The minimum absolute atomic E-state index is 0.200. The summed E-state index contributed by atoms with van der Waals surface area (Å²) in [6.07, 6.45) is 2.55. The van der Waals surface area contributed by atoms with Crippen LogP contribution in [0, 0.1) is 0 Å². The summed E-state index contributed by atoms with van der Waals surface area (Å²) < 4.78 is 27.7. The van der Waals surface area contributed by atoms with Crippen molar-refractivity contribution >= 4 is 17.9 Å². The van der Waals surface area contributed by atoms with E-state index in [4.69, 9.17) is 23.7 Å². The van der Waals surface area contributed by atoms with Crippen molar-refractivity contribution < 1.29 is 28.5 Å². The standard InChI is InChI=1S/C24H27NO6/c1-5-12-30-19-10-8-16(14-21(19)27-4)13-18-24(26)31-23(25-18)17-9-11-20(28-6-2)22(15-17)29-7-3/h8-11,13-15H,5-7,12H2,1-4H3. The van der Waals surface area contributed by atoms with E-state index in [2.05, 4.69) is 4.99 Å². The molecule has 0 bridgehead atoms. The SMILES string of the molecule is CCCOc1ccc(C=C2N=C(c3ccc(OCC)c(OCC)c3)OC2=O)cc1OC. The Balaban J connectivity index is 1.88. The lowest BCUT2D eigenvalue weighted by molar-refractivity contribution is -0.129. The second-order valence-electron chi connectivity index (χ2n) is 6.62. The number of cyclic esters (lactones) is 1. The van der Waals surface area contributed by atoms with Gasteiger partial charge in [-0.3, -0.25) is 0 Å². The molecule has 0 aliphatic carbocycles. The van der Waals surface area contributed by atoms with Crippen molar-refractivity contribution in [1.82, 2.24) is 0 Å². The molecular formula is C24H27NO6. The molecule has 0 atom stereocenters. The number of benzene rings is 2. The minimum atomic E-state index is -0.521. The van der Waals surface area contributed by atoms with Crippen molar-refractivity contribution in [2.45, 2.75) is 27.2 Å². The lowest BCUT2D eigenvalue weighted by Crippen LogP contribution is -2.06. The van der Waals surface area contributed by atoms with Crippen LogP contribution in [-0.4, -0.2) is 38.8 Å². The lowest BCUT2D eigenvalue weighted by Gasteiger charge is -2.11. The molecule has 7 nitrogen and oxygen atoms in total. The van der Waals surface area contributed by atoms with E-state index in [0.717, 1.165) is 12.0 Å². The van der Waals surface area contributed by atoms with E-state index in [1.807, 2.05) is 32.9 Å².